The standard InChI is InChI=1S/C26H28N2O3S/c1-18(2)21-8-10-24(11-9-21)32(30,31)27-17-20-7-12-25-22(16-20)13-14-28(25)26(29)23-6-4-5-19(3)15-23/h4-12,15-16,18,27H,13-14,17H2,1-3H3. The van der Waals surface area contributed by atoms with Gasteiger partial charge < -0.3 is 4.90 Å². The molecule has 0 atom stereocenters. The van der Waals surface area contributed by atoms with Gasteiger partial charge in [-0.1, -0.05) is 55.8 Å². The molecule has 0 aromatic heterocycles. The third-order valence-corrected chi connectivity index (χ3v) is 7.29. The van der Waals surface area contributed by atoms with E-state index in [4.69, 9.17) is 0 Å². The van der Waals surface area contributed by atoms with Crippen molar-refractivity contribution in [1.29, 1.82) is 0 Å². The number of carbonyl (C=O) groups excluding carboxylic acids is 1. The minimum Gasteiger partial charge on any atom is -0.308 e. The SMILES string of the molecule is Cc1cccc(C(=O)N2CCc3cc(CNS(=O)(=O)c4ccc(C(C)C)cc4)ccc32)c1. The van der Waals surface area contributed by atoms with Gasteiger partial charge in [0.1, 0.15) is 0 Å². The van der Waals surface area contributed by atoms with E-state index in [1.807, 2.05) is 61.5 Å². The Bertz CT molecular complexity index is 1250. The topological polar surface area (TPSA) is 66.5 Å². The van der Waals surface area contributed by atoms with Crippen molar-refractivity contribution in [3.8, 4) is 0 Å². The maximum absolute atomic E-state index is 13.0. The highest BCUT2D eigenvalue weighted by Crippen LogP contribution is 2.30. The highest BCUT2D eigenvalue weighted by Gasteiger charge is 2.26. The van der Waals surface area contributed by atoms with Gasteiger partial charge in [-0.25, -0.2) is 13.1 Å². The second-order valence-electron chi connectivity index (χ2n) is 8.59. The third kappa shape index (κ3) is 4.61. The van der Waals surface area contributed by atoms with Gasteiger partial charge in [0.05, 0.1) is 4.90 Å². The average Bonchev–Trinajstić information content (AvgIpc) is 3.20. The number of nitrogens with one attached hydrogen (secondary N) is 1. The molecule has 1 heterocycles. The van der Waals surface area contributed by atoms with Gasteiger partial charge in [0.25, 0.3) is 5.91 Å². The van der Waals surface area contributed by atoms with Crippen LogP contribution in [0.1, 0.15) is 52.4 Å². The first-order valence-corrected chi connectivity index (χ1v) is 12.3. The molecule has 1 amide bonds. The lowest BCUT2D eigenvalue weighted by Crippen LogP contribution is -2.28. The van der Waals surface area contributed by atoms with Crippen LogP contribution in [0.3, 0.4) is 0 Å². The van der Waals surface area contributed by atoms with Crippen LogP contribution in [-0.2, 0) is 23.0 Å². The lowest BCUT2D eigenvalue weighted by atomic mass is 10.0. The summed E-state index contributed by atoms with van der Waals surface area (Å²) in [7, 11) is -3.59. The van der Waals surface area contributed by atoms with E-state index >= 15 is 0 Å². The Morgan fingerprint density at radius 2 is 1.78 bits per heavy atom. The molecular formula is C26H28N2O3S. The first-order chi connectivity index (χ1) is 15.2. The number of benzene rings is 3. The Balaban J connectivity index is 1.46. The molecule has 0 fully saturated rings. The van der Waals surface area contributed by atoms with E-state index in [0.717, 1.165) is 34.4 Å². The number of amides is 1. The van der Waals surface area contributed by atoms with Crippen LogP contribution in [0.2, 0.25) is 0 Å². The molecule has 0 aliphatic carbocycles. The molecule has 1 aliphatic heterocycles. The molecule has 3 aromatic carbocycles. The Hall–Kier alpha value is -2.96. The molecule has 32 heavy (non-hydrogen) atoms. The fraction of sp³-hybridized carbons (Fsp3) is 0.269. The zero-order valence-electron chi connectivity index (χ0n) is 18.6. The van der Waals surface area contributed by atoms with Crippen LogP contribution in [0.5, 0.6) is 0 Å². The number of hydrogen-bond acceptors (Lipinski definition) is 3. The molecule has 0 unspecified atom stereocenters. The molecular weight excluding hydrogens is 420 g/mol. The Morgan fingerprint density at radius 1 is 1.03 bits per heavy atom. The molecule has 0 saturated heterocycles. The molecule has 0 bridgehead atoms. The minimum absolute atomic E-state index is 0.00857. The van der Waals surface area contributed by atoms with Crippen molar-refractivity contribution in [3.05, 3.63) is 94.5 Å². The van der Waals surface area contributed by atoms with Gasteiger partial charge in [0.2, 0.25) is 10.0 Å². The second kappa shape index (κ2) is 8.88. The van der Waals surface area contributed by atoms with Crippen molar-refractivity contribution < 1.29 is 13.2 Å². The van der Waals surface area contributed by atoms with Gasteiger partial charge in [0.15, 0.2) is 0 Å². The van der Waals surface area contributed by atoms with Gasteiger partial charge >= 0.3 is 0 Å². The average molecular weight is 449 g/mol. The fourth-order valence-electron chi connectivity index (χ4n) is 4.00. The number of carbonyl (C=O) groups is 1. The van der Waals surface area contributed by atoms with Gasteiger partial charge in [0, 0.05) is 24.3 Å². The van der Waals surface area contributed by atoms with Gasteiger partial charge in [-0.05, 0) is 66.3 Å². The molecule has 0 spiro atoms. The van der Waals surface area contributed by atoms with E-state index in [1.54, 1.807) is 17.0 Å². The summed E-state index contributed by atoms with van der Waals surface area (Å²) in [5.41, 5.74) is 5.66. The summed E-state index contributed by atoms with van der Waals surface area (Å²) in [4.78, 5) is 15.0. The monoisotopic (exact) mass is 448 g/mol. The van der Waals surface area contributed by atoms with Crippen molar-refractivity contribution in [2.75, 3.05) is 11.4 Å². The lowest BCUT2D eigenvalue weighted by molar-refractivity contribution is 0.0989. The van der Waals surface area contributed by atoms with E-state index in [-0.39, 0.29) is 17.3 Å². The lowest BCUT2D eigenvalue weighted by Gasteiger charge is -2.18. The van der Waals surface area contributed by atoms with Gasteiger partial charge in [-0.2, -0.15) is 0 Å². The molecule has 4 rings (SSSR count). The number of aryl methyl sites for hydroxylation is 1. The van der Waals surface area contributed by atoms with Crippen LogP contribution in [0.4, 0.5) is 5.69 Å². The summed E-state index contributed by atoms with van der Waals surface area (Å²) in [6.45, 7) is 6.95. The molecule has 1 N–H and O–H groups in total. The van der Waals surface area contributed by atoms with E-state index in [2.05, 4.69) is 18.6 Å². The normalized spacial score (nSPS) is 13.4. The minimum atomic E-state index is -3.59. The maximum Gasteiger partial charge on any atom is 0.258 e. The molecule has 5 nitrogen and oxygen atoms in total. The van der Waals surface area contributed by atoms with E-state index in [0.29, 0.717) is 18.0 Å². The van der Waals surface area contributed by atoms with Gasteiger partial charge in [-0.3, -0.25) is 4.79 Å². The first kappa shape index (κ1) is 22.2. The summed E-state index contributed by atoms with van der Waals surface area (Å²) in [6.07, 6.45) is 0.754. The summed E-state index contributed by atoms with van der Waals surface area (Å²) in [6, 6.07) is 20.4. The number of sulfonamides is 1. The largest absolute Gasteiger partial charge is 0.308 e. The Morgan fingerprint density at radius 3 is 2.47 bits per heavy atom. The van der Waals surface area contributed by atoms with Crippen molar-refractivity contribution >= 4 is 21.6 Å². The fourth-order valence-corrected chi connectivity index (χ4v) is 5.02. The zero-order chi connectivity index (χ0) is 22.9. The molecule has 1 aliphatic rings. The molecule has 3 aromatic rings. The number of rotatable bonds is 6. The zero-order valence-corrected chi connectivity index (χ0v) is 19.4. The third-order valence-electron chi connectivity index (χ3n) is 5.87. The van der Waals surface area contributed by atoms with Crippen LogP contribution in [0.25, 0.3) is 0 Å². The van der Waals surface area contributed by atoms with E-state index in [9.17, 15) is 13.2 Å². The number of fused-ring (bicyclic) bond motifs is 1. The number of anilines is 1. The Kier molecular flexibility index (Phi) is 6.17. The van der Waals surface area contributed by atoms with Crippen LogP contribution in [-0.4, -0.2) is 20.9 Å². The van der Waals surface area contributed by atoms with Crippen LogP contribution in [0, 0.1) is 6.92 Å². The first-order valence-electron chi connectivity index (χ1n) is 10.8. The summed E-state index contributed by atoms with van der Waals surface area (Å²) < 4.78 is 28.1. The van der Waals surface area contributed by atoms with Gasteiger partial charge in [-0.15, -0.1) is 0 Å². The van der Waals surface area contributed by atoms with Crippen molar-refractivity contribution in [1.82, 2.24) is 4.72 Å². The van der Waals surface area contributed by atoms with E-state index < -0.39 is 10.0 Å². The molecule has 6 heteroatoms. The van der Waals surface area contributed by atoms with Crippen molar-refractivity contribution in [2.24, 2.45) is 0 Å². The highest BCUT2D eigenvalue weighted by molar-refractivity contribution is 7.89. The smallest absolute Gasteiger partial charge is 0.258 e. The molecule has 166 valence electrons. The summed E-state index contributed by atoms with van der Waals surface area (Å²) in [5, 5.41) is 0. The molecule has 0 saturated carbocycles. The predicted octanol–water partition coefficient (Wildman–Crippen LogP) is 4.80. The highest BCUT2D eigenvalue weighted by atomic mass is 32.2. The predicted molar refractivity (Wildman–Crippen MR) is 128 cm³/mol. The van der Waals surface area contributed by atoms with Crippen LogP contribution < -0.4 is 9.62 Å². The quantitative estimate of drug-likeness (QED) is 0.589. The summed E-state index contributed by atoms with van der Waals surface area (Å²) in [5.74, 6) is 0.342. The van der Waals surface area contributed by atoms with Crippen LogP contribution in [0.15, 0.2) is 71.6 Å². The van der Waals surface area contributed by atoms with E-state index in [1.165, 1.54) is 0 Å². The maximum atomic E-state index is 13.0. The number of nitrogens with zero attached hydrogens (tertiary/aromatic N) is 1. The molecule has 0 radical (unpaired) electrons. The number of hydrogen-bond donors (Lipinski definition) is 1. The summed E-state index contributed by atoms with van der Waals surface area (Å²) >= 11 is 0. The second-order valence-corrected chi connectivity index (χ2v) is 10.4. The van der Waals surface area contributed by atoms with Crippen molar-refractivity contribution in [3.63, 3.8) is 0 Å². The van der Waals surface area contributed by atoms with Crippen LogP contribution >= 0.6 is 0 Å². The van der Waals surface area contributed by atoms with Crippen molar-refractivity contribution in [2.45, 2.75) is 44.6 Å². The Labute approximate surface area is 190 Å².